The van der Waals surface area contributed by atoms with Crippen LogP contribution in [0.2, 0.25) is 5.02 Å². The Hall–Kier alpha value is -2.04. The number of benzene rings is 2. The molecule has 0 saturated heterocycles. The third kappa shape index (κ3) is 3.98. The van der Waals surface area contributed by atoms with Crippen LogP contribution in [0.4, 0.5) is 5.69 Å². The molecule has 2 aromatic rings. The van der Waals surface area contributed by atoms with Crippen LogP contribution in [0.25, 0.3) is 0 Å². The van der Waals surface area contributed by atoms with Crippen molar-refractivity contribution < 1.29 is 14.7 Å². The normalized spacial score (nSPS) is 9.45. The smallest absolute Gasteiger partial charge is 0.335 e. The molecular formula is C14H11Cl2NO3. The standard InChI is InChI=1S/C14H10ClNO3.ClH/c15-11-5-1-3-9(7-11)13(17)16-12-6-2-4-10(8-12)14(18)19;/h1-8H,(H,16,17)(H,18,19);1H. The molecule has 0 aliphatic carbocycles. The molecule has 0 aliphatic heterocycles. The first-order valence-corrected chi connectivity index (χ1v) is 5.84. The molecule has 0 unspecified atom stereocenters. The molecule has 0 bridgehead atoms. The van der Waals surface area contributed by atoms with Crippen LogP contribution < -0.4 is 5.32 Å². The Balaban J connectivity index is 0.00000200. The van der Waals surface area contributed by atoms with Gasteiger partial charge in [0.2, 0.25) is 0 Å². The number of carboxylic acids is 1. The summed E-state index contributed by atoms with van der Waals surface area (Å²) < 4.78 is 0. The van der Waals surface area contributed by atoms with Gasteiger partial charge in [0, 0.05) is 16.3 Å². The first-order chi connectivity index (χ1) is 9.06. The summed E-state index contributed by atoms with van der Waals surface area (Å²) in [5.74, 6) is -1.39. The topological polar surface area (TPSA) is 66.4 Å². The van der Waals surface area contributed by atoms with Crippen LogP contribution >= 0.6 is 24.0 Å². The highest BCUT2D eigenvalue weighted by Gasteiger charge is 2.08. The lowest BCUT2D eigenvalue weighted by Gasteiger charge is -2.06. The van der Waals surface area contributed by atoms with E-state index in [1.54, 1.807) is 30.3 Å². The first-order valence-electron chi connectivity index (χ1n) is 5.46. The summed E-state index contributed by atoms with van der Waals surface area (Å²) in [4.78, 5) is 22.8. The van der Waals surface area contributed by atoms with Crippen molar-refractivity contribution in [3.8, 4) is 0 Å². The monoisotopic (exact) mass is 311 g/mol. The predicted octanol–water partition coefficient (Wildman–Crippen LogP) is 3.71. The second kappa shape index (κ2) is 6.93. The first kappa shape index (κ1) is 16.0. The van der Waals surface area contributed by atoms with Gasteiger partial charge < -0.3 is 10.4 Å². The zero-order chi connectivity index (χ0) is 13.8. The summed E-state index contributed by atoms with van der Waals surface area (Å²) in [6.45, 7) is 0. The second-order valence-corrected chi connectivity index (χ2v) is 4.29. The molecule has 0 saturated carbocycles. The lowest BCUT2D eigenvalue weighted by molar-refractivity contribution is 0.0696. The molecule has 2 aromatic carbocycles. The highest BCUT2D eigenvalue weighted by Crippen LogP contribution is 2.15. The third-order valence-electron chi connectivity index (χ3n) is 2.45. The van der Waals surface area contributed by atoms with Gasteiger partial charge in [-0.3, -0.25) is 4.79 Å². The highest BCUT2D eigenvalue weighted by molar-refractivity contribution is 6.31. The number of carboxylic acid groups (broad SMARTS) is 1. The van der Waals surface area contributed by atoms with E-state index in [1.165, 1.54) is 18.2 Å². The minimum atomic E-state index is -1.04. The fourth-order valence-electron chi connectivity index (χ4n) is 1.56. The van der Waals surface area contributed by atoms with Gasteiger partial charge in [0.05, 0.1) is 5.56 Å². The van der Waals surface area contributed by atoms with Crippen LogP contribution in [0.5, 0.6) is 0 Å². The molecule has 4 nitrogen and oxygen atoms in total. The Morgan fingerprint density at radius 1 is 1.00 bits per heavy atom. The van der Waals surface area contributed by atoms with E-state index >= 15 is 0 Å². The van der Waals surface area contributed by atoms with Crippen molar-refractivity contribution in [1.29, 1.82) is 0 Å². The molecule has 0 fully saturated rings. The molecule has 0 spiro atoms. The second-order valence-electron chi connectivity index (χ2n) is 3.85. The van der Waals surface area contributed by atoms with Gasteiger partial charge in [-0.1, -0.05) is 23.7 Å². The molecule has 0 heterocycles. The van der Waals surface area contributed by atoms with E-state index < -0.39 is 5.97 Å². The van der Waals surface area contributed by atoms with E-state index in [9.17, 15) is 9.59 Å². The molecule has 2 rings (SSSR count). The maximum absolute atomic E-state index is 11.9. The number of rotatable bonds is 3. The van der Waals surface area contributed by atoms with Crippen molar-refractivity contribution in [3.63, 3.8) is 0 Å². The van der Waals surface area contributed by atoms with Crippen LogP contribution in [0, 0.1) is 0 Å². The van der Waals surface area contributed by atoms with Gasteiger partial charge in [0.15, 0.2) is 0 Å². The van der Waals surface area contributed by atoms with Crippen molar-refractivity contribution in [3.05, 3.63) is 64.7 Å². The summed E-state index contributed by atoms with van der Waals surface area (Å²) >= 11 is 5.80. The quantitative estimate of drug-likeness (QED) is 0.908. The van der Waals surface area contributed by atoms with Gasteiger partial charge in [0.1, 0.15) is 0 Å². The number of carbonyl (C=O) groups is 2. The number of amides is 1. The molecule has 2 N–H and O–H groups in total. The zero-order valence-electron chi connectivity index (χ0n) is 10.2. The van der Waals surface area contributed by atoms with Crippen LogP contribution in [-0.2, 0) is 0 Å². The molecule has 0 radical (unpaired) electrons. The molecule has 104 valence electrons. The number of carbonyl (C=O) groups excluding carboxylic acids is 1. The average molecular weight is 312 g/mol. The van der Waals surface area contributed by atoms with Gasteiger partial charge >= 0.3 is 5.97 Å². The molecule has 1 amide bonds. The predicted molar refractivity (Wildman–Crippen MR) is 80.1 cm³/mol. The molecule has 0 aliphatic rings. The maximum atomic E-state index is 11.9. The molecule has 20 heavy (non-hydrogen) atoms. The number of anilines is 1. The highest BCUT2D eigenvalue weighted by atomic mass is 35.5. The minimum Gasteiger partial charge on any atom is -0.478 e. The number of hydrogen-bond acceptors (Lipinski definition) is 2. The summed E-state index contributed by atoms with van der Waals surface area (Å²) in [6.07, 6.45) is 0. The van der Waals surface area contributed by atoms with Crippen LogP contribution in [0.15, 0.2) is 48.5 Å². The third-order valence-corrected chi connectivity index (χ3v) is 2.69. The number of aromatic carboxylic acids is 1. The Labute approximate surface area is 126 Å². The van der Waals surface area contributed by atoms with Crippen molar-refractivity contribution in [2.75, 3.05) is 5.32 Å². The van der Waals surface area contributed by atoms with Gasteiger partial charge in [-0.15, -0.1) is 12.4 Å². The fourth-order valence-corrected chi connectivity index (χ4v) is 1.75. The van der Waals surface area contributed by atoms with Crippen LogP contribution in [0.1, 0.15) is 20.7 Å². The molecule has 0 aromatic heterocycles. The zero-order valence-corrected chi connectivity index (χ0v) is 11.7. The Bertz CT molecular complexity index is 644. The van der Waals surface area contributed by atoms with E-state index in [-0.39, 0.29) is 23.9 Å². The molecular weight excluding hydrogens is 301 g/mol. The summed E-state index contributed by atoms with van der Waals surface area (Å²) in [7, 11) is 0. The summed E-state index contributed by atoms with van der Waals surface area (Å²) in [6, 6.07) is 12.5. The maximum Gasteiger partial charge on any atom is 0.335 e. The van der Waals surface area contributed by atoms with E-state index in [0.717, 1.165) is 0 Å². The SMILES string of the molecule is Cl.O=C(O)c1cccc(NC(=O)c2cccc(Cl)c2)c1. The van der Waals surface area contributed by atoms with Crippen molar-refractivity contribution >= 4 is 41.6 Å². The fraction of sp³-hybridized carbons (Fsp3) is 0. The Kier molecular flexibility index (Phi) is 5.55. The average Bonchev–Trinajstić information content (AvgIpc) is 2.39. The summed E-state index contributed by atoms with van der Waals surface area (Å²) in [5.41, 5.74) is 0.946. The van der Waals surface area contributed by atoms with E-state index in [0.29, 0.717) is 16.3 Å². The number of hydrogen-bond donors (Lipinski definition) is 2. The Morgan fingerprint density at radius 3 is 2.30 bits per heavy atom. The van der Waals surface area contributed by atoms with Gasteiger partial charge in [-0.05, 0) is 36.4 Å². The van der Waals surface area contributed by atoms with E-state index in [4.69, 9.17) is 16.7 Å². The van der Waals surface area contributed by atoms with Gasteiger partial charge in [-0.25, -0.2) is 4.79 Å². The van der Waals surface area contributed by atoms with E-state index in [2.05, 4.69) is 5.32 Å². The van der Waals surface area contributed by atoms with E-state index in [1.807, 2.05) is 0 Å². The largest absolute Gasteiger partial charge is 0.478 e. The lowest BCUT2D eigenvalue weighted by atomic mass is 10.2. The van der Waals surface area contributed by atoms with Crippen molar-refractivity contribution in [1.82, 2.24) is 0 Å². The number of nitrogens with one attached hydrogen (secondary N) is 1. The van der Waals surface area contributed by atoms with Crippen molar-refractivity contribution in [2.24, 2.45) is 0 Å². The molecule has 0 atom stereocenters. The van der Waals surface area contributed by atoms with Crippen LogP contribution in [-0.4, -0.2) is 17.0 Å². The number of halogens is 2. The summed E-state index contributed by atoms with van der Waals surface area (Å²) in [5, 5.41) is 12.0. The lowest BCUT2D eigenvalue weighted by Crippen LogP contribution is -2.12. The molecule has 6 heteroatoms. The van der Waals surface area contributed by atoms with Gasteiger partial charge in [0.25, 0.3) is 5.91 Å². The van der Waals surface area contributed by atoms with Gasteiger partial charge in [-0.2, -0.15) is 0 Å². The Morgan fingerprint density at radius 2 is 1.65 bits per heavy atom. The van der Waals surface area contributed by atoms with Crippen LogP contribution in [0.3, 0.4) is 0 Å². The minimum absolute atomic E-state index is 0. The van der Waals surface area contributed by atoms with Crippen molar-refractivity contribution in [2.45, 2.75) is 0 Å².